The standard InChI is InChI=1S/C12H24N2O/c1-3-4-7-14-12(15)9-13-8-10(2)11-5-6-11/h10-11,13H,3-9H2,1-2H3,(H,14,15). The van der Waals surface area contributed by atoms with Gasteiger partial charge in [0.1, 0.15) is 0 Å². The summed E-state index contributed by atoms with van der Waals surface area (Å²) in [5.41, 5.74) is 0. The van der Waals surface area contributed by atoms with Crippen molar-refractivity contribution in [2.24, 2.45) is 11.8 Å². The average molecular weight is 212 g/mol. The van der Waals surface area contributed by atoms with Gasteiger partial charge in [-0.3, -0.25) is 4.79 Å². The lowest BCUT2D eigenvalue weighted by molar-refractivity contribution is -0.120. The SMILES string of the molecule is CCCCNC(=O)CNCC(C)C1CC1. The van der Waals surface area contributed by atoms with Crippen LogP contribution in [-0.4, -0.2) is 25.5 Å². The first kappa shape index (κ1) is 12.5. The van der Waals surface area contributed by atoms with Gasteiger partial charge < -0.3 is 10.6 Å². The Morgan fingerprint density at radius 3 is 2.80 bits per heavy atom. The van der Waals surface area contributed by atoms with Crippen LogP contribution in [0.4, 0.5) is 0 Å². The number of amides is 1. The Morgan fingerprint density at radius 2 is 2.20 bits per heavy atom. The van der Waals surface area contributed by atoms with Crippen LogP contribution in [0, 0.1) is 11.8 Å². The van der Waals surface area contributed by atoms with Crippen molar-refractivity contribution in [3.63, 3.8) is 0 Å². The highest BCUT2D eigenvalue weighted by molar-refractivity contribution is 5.77. The molecule has 1 unspecified atom stereocenters. The molecule has 3 heteroatoms. The molecular formula is C12H24N2O. The number of hydrogen-bond donors (Lipinski definition) is 2. The maximum atomic E-state index is 11.3. The van der Waals surface area contributed by atoms with Crippen LogP contribution in [0.15, 0.2) is 0 Å². The fourth-order valence-corrected chi connectivity index (χ4v) is 1.71. The van der Waals surface area contributed by atoms with Crippen LogP contribution in [0.5, 0.6) is 0 Å². The lowest BCUT2D eigenvalue weighted by Gasteiger charge is -2.11. The van der Waals surface area contributed by atoms with Crippen molar-refractivity contribution in [3.05, 3.63) is 0 Å². The van der Waals surface area contributed by atoms with E-state index < -0.39 is 0 Å². The predicted molar refractivity (Wildman–Crippen MR) is 62.7 cm³/mol. The van der Waals surface area contributed by atoms with E-state index >= 15 is 0 Å². The van der Waals surface area contributed by atoms with Crippen molar-refractivity contribution in [2.45, 2.75) is 39.5 Å². The van der Waals surface area contributed by atoms with E-state index in [1.807, 2.05) is 0 Å². The summed E-state index contributed by atoms with van der Waals surface area (Å²) in [7, 11) is 0. The zero-order valence-corrected chi connectivity index (χ0v) is 10.0. The molecule has 0 saturated heterocycles. The molecule has 0 bridgehead atoms. The van der Waals surface area contributed by atoms with Gasteiger partial charge in [0.25, 0.3) is 0 Å². The van der Waals surface area contributed by atoms with Gasteiger partial charge in [0.15, 0.2) is 0 Å². The van der Waals surface area contributed by atoms with Gasteiger partial charge in [-0.15, -0.1) is 0 Å². The molecule has 1 amide bonds. The highest BCUT2D eigenvalue weighted by atomic mass is 16.1. The Hall–Kier alpha value is -0.570. The van der Waals surface area contributed by atoms with E-state index in [1.54, 1.807) is 0 Å². The van der Waals surface area contributed by atoms with Crippen LogP contribution in [0.1, 0.15) is 39.5 Å². The van der Waals surface area contributed by atoms with E-state index in [0.29, 0.717) is 6.54 Å². The fourth-order valence-electron chi connectivity index (χ4n) is 1.71. The molecule has 88 valence electrons. The van der Waals surface area contributed by atoms with Crippen LogP contribution < -0.4 is 10.6 Å². The summed E-state index contributed by atoms with van der Waals surface area (Å²) >= 11 is 0. The molecule has 0 aromatic rings. The van der Waals surface area contributed by atoms with Crippen LogP contribution in [0.25, 0.3) is 0 Å². The number of carbonyl (C=O) groups is 1. The molecular weight excluding hydrogens is 188 g/mol. The van der Waals surface area contributed by atoms with Gasteiger partial charge in [0.05, 0.1) is 6.54 Å². The maximum absolute atomic E-state index is 11.3. The van der Waals surface area contributed by atoms with E-state index in [4.69, 9.17) is 0 Å². The van der Waals surface area contributed by atoms with Crippen LogP contribution in [0.3, 0.4) is 0 Å². The minimum Gasteiger partial charge on any atom is -0.355 e. The second-order valence-electron chi connectivity index (χ2n) is 4.65. The van der Waals surface area contributed by atoms with Crippen LogP contribution in [-0.2, 0) is 4.79 Å². The smallest absolute Gasteiger partial charge is 0.233 e. The van der Waals surface area contributed by atoms with Crippen molar-refractivity contribution in [2.75, 3.05) is 19.6 Å². The molecule has 2 N–H and O–H groups in total. The number of unbranched alkanes of at least 4 members (excludes halogenated alkanes) is 1. The highest BCUT2D eigenvalue weighted by Gasteiger charge is 2.27. The Morgan fingerprint density at radius 1 is 1.47 bits per heavy atom. The monoisotopic (exact) mass is 212 g/mol. The summed E-state index contributed by atoms with van der Waals surface area (Å²) in [6.45, 7) is 6.66. The highest BCUT2D eigenvalue weighted by Crippen LogP contribution is 2.35. The molecule has 15 heavy (non-hydrogen) atoms. The van der Waals surface area contributed by atoms with Gasteiger partial charge in [-0.2, -0.15) is 0 Å². The molecule has 0 aromatic carbocycles. The molecule has 3 nitrogen and oxygen atoms in total. The molecule has 0 spiro atoms. The molecule has 1 fully saturated rings. The Balaban J connectivity index is 1.91. The third-order valence-corrected chi connectivity index (χ3v) is 3.03. The summed E-state index contributed by atoms with van der Waals surface area (Å²) in [4.78, 5) is 11.3. The second-order valence-corrected chi connectivity index (χ2v) is 4.65. The molecule has 1 aliphatic carbocycles. The fraction of sp³-hybridized carbons (Fsp3) is 0.917. The quantitative estimate of drug-likeness (QED) is 0.599. The van der Waals surface area contributed by atoms with E-state index in [1.165, 1.54) is 12.8 Å². The first-order chi connectivity index (χ1) is 7.24. The van der Waals surface area contributed by atoms with Gasteiger partial charge in [-0.25, -0.2) is 0 Å². The summed E-state index contributed by atoms with van der Waals surface area (Å²) in [5.74, 6) is 1.78. The molecule has 0 aliphatic heterocycles. The van der Waals surface area contributed by atoms with Gasteiger partial charge in [-0.1, -0.05) is 20.3 Å². The summed E-state index contributed by atoms with van der Waals surface area (Å²) in [5, 5.41) is 6.12. The number of rotatable bonds is 8. The van der Waals surface area contributed by atoms with Crippen molar-refractivity contribution < 1.29 is 4.79 Å². The largest absolute Gasteiger partial charge is 0.355 e. The minimum absolute atomic E-state index is 0.131. The van der Waals surface area contributed by atoms with E-state index in [-0.39, 0.29) is 5.91 Å². The van der Waals surface area contributed by atoms with Crippen LogP contribution >= 0.6 is 0 Å². The minimum atomic E-state index is 0.131. The summed E-state index contributed by atoms with van der Waals surface area (Å²) in [6.07, 6.45) is 4.97. The van der Waals surface area contributed by atoms with Crippen LogP contribution in [0.2, 0.25) is 0 Å². The third kappa shape index (κ3) is 5.78. The summed E-state index contributed by atoms with van der Waals surface area (Å²) in [6, 6.07) is 0. The molecule has 0 aromatic heterocycles. The summed E-state index contributed by atoms with van der Waals surface area (Å²) < 4.78 is 0. The average Bonchev–Trinajstić information content (AvgIpc) is 3.01. The van der Waals surface area contributed by atoms with E-state index in [0.717, 1.165) is 37.8 Å². The zero-order valence-electron chi connectivity index (χ0n) is 10.0. The maximum Gasteiger partial charge on any atom is 0.233 e. The first-order valence-electron chi connectivity index (χ1n) is 6.21. The van der Waals surface area contributed by atoms with Crippen molar-refractivity contribution in [1.29, 1.82) is 0 Å². The molecule has 1 aliphatic rings. The number of carbonyl (C=O) groups excluding carboxylic acids is 1. The Bertz CT molecular complexity index is 190. The first-order valence-corrected chi connectivity index (χ1v) is 6.21. The third-order valence-electron chi connectivity index (χ3n) is 3.03. The van der Waals surface area contributed by atoms with E-state index in [2.05, 4.69) is 24.5 Å². The number of hydrogen-bond acceptors (Lipinski definition) is 2. The Labute approximate surface area is 93.0 Å². The zero-order chi connectivity index (χ0) is 11.1. The molecule has 1 atom stereocenters. The van der Waals surface area contributed by atoms with Gasteiger partial charge in [-0.05, 0) is 37.6 Å². The normalized spacial score (nSPS) is 17.5. The molecule has 0 heterocycles. The van der Waals surface area contributed by atoms with Gasteiger partial charge >= 0.3 is 0 Å². The van der Waals surface area contributed by atoms with E-state index in [9.17, 15) is 4.79 Å². The Kier molecular flexibility index (Phi) is 5.69. The molecule has 1 saturated carbocycles. The lowest BCUT2D eigenvalue weighted by Crippen LogP contribution is -2.36. The predicted octanol–water partition coefficient (Wildman–Crippen LogP) is 1.54. The lowest BCUT2D eigenvalue weighted by atomic mass is 10.1. The second kappa shape index (κ2) is 6.83. The topological polar surface area (TPSA) is 41.1 Å². The van der Waals surface area contributed by atoms with Gasteiger partial charge in [0, 0.05) is 6.54 Å². The van der Waals surface area contributed by atoms with Crippen molar-refractivity contribution in [3.8, 4) is 0 Å². The van der Waals surface area contributed by atoms with Crippen molar-refractivity contribution in [1.82, 2.24) is 10.6 Å². The van der Waals surface area contributed by atoms with Gasteiger partial charge in [0.2, 0.25) is 5.91 Å². The molecule has 0 radical (unpaired) electrons. The van der Waals surface area contributed by atoms with Crippen molar-refractivity contribution >= 4 is 5.91 Å². The molecule has 1 rings (SSSR count). The number of nitrogens with one attached hydrogen (secondary N) is 2.